The largest absolute Gasteiger partial charge is 0.368 e. The first kappa shape index (κ1) is 12.1. The summed E-state index contributed by atoms with van der Waals surface area (Å²) in [5, 5.41) is 3.39. The number of benzene rings is 1. The van der Waals surface area contributed by atoms with E-state index in [1.165, 1.54) is 25.7 Å². The molecule has 0 aromatic heterocycles. The van der Waals surface area contributed by atoms with Gasteiger partial charge in [-0.1, -0.05) is 43.2 Å². The number of carbonyl (C=O) groups is 1. The molecule has 92 valence electrons. The molecule has 0 bridgehead atoms. The fraction of sp³-hybridized carbons (Fsp3) is 0.500. The highest BCUT2D eigenvalue weighted by molar-refractivity contribution is 5.80. The average Bonchev–Trinajstić information content (AvgIpc) is 2.82. The lowest BCUT2D eigenvalue weighted by Gasteiger charge is -2.20. The molecule has 17 heavy (non-hydrogen) atoms. The van der Waals surface area contributed by atoms with Gasteiger partial charge in [-0.25, -0.2) is 0 Å². The molecule has 2 rings (SSSR count). The third-order valence-electron chi connectivity index (χ3n) is 3.42. The van der Waals surface area contributed by atoms with Crippen LogP contribution in [0.15, 0.2) is 30.3 Å². The van der Waals surface area contributed by atoms with Crippen molar-refractivity contribution >= 4 is 5.91 Å². The number of amides is 1. The number of nitrogens with two attached hydrogens (primary N) is 1. The molecule has 1 aromatic carbocycles. The normalized spacial score (nSPS) is 18.1. The van der Waals surface area contributed by atoms with Crippen LogP contribution >= 0.6 is 0 Å². The van der Waals surface area contributed by atoms with Crippen LogP contribution in [0.5, 0.6) is 0 Å². The maximum absolute atomic E-state index is 11.5. The SMILES string of the molecule is NC(=O)[C@H](Cc1ccccc1)NC1CCCC1. The van der Waals surface area contributed by atoms with Crippen LogP contribution in [0.2, 0.25) is 0 Å². The standard InChI is InChI=1S/C14H20N2O/c15-14(17)13(16-12-8-4-5-9-12)10-11-6-2-1-3-7-11/h1-3,6-7,12-13,16H,4-5,8-10H2,(H2,15,17)/t13-/m0/s1. The first-order valence-electron chi connectivity index (χ1n) is 6.35. The lowest BCUT2D eigenvalue weighted by atomic mass is 10.0. The van der Waals surface area contributed by atoms with Crippen LogP contribution in [0, 0.1) is 0 Å². The second-order valence-corrected chi connectivity index (χ2v) is 4.79. The Hall–Kier alpha value is -1.35. The van der Waals surface area contributed by atoms with Gasteiger partial charge >= 0.3 is 0 Å². The molecule has 3 N–H and O–H groups in total. The molecule has 0 aliphatic heterocycles. The van der Waals surface area contributed by atoms with Crippen molar-refractivity contribution in [2.24, 2.45) is 5.73 Å². The van der Waals surface area contributed by atoms with Gasteiger partial charge in [-0.2, -0.15) is 0 Å². The van der Waals surface area contributed by atoms with Gasteiger partial charge in [0.1, 0.15) is 0 Å². The van der Waals surface area contributed by atoms with E-state index in [4.69, 9.17) is 5.73 Å². The van der Waals surface area contributed by atoms with Gasteiger partial charge in [0.05, 0.1) is 6.04 Å². The van der Waals surface area contributed by atoms with Gasteiger partial charge in [-0.3, -0.25) is 4.79 Å². The lowest BCUT2D eigenvalue weighted by Crippen LogP contribution is -2.46. The van der Waals surface area contributed by atoms with Crippen molar-refractivity contribution in [3.63, 3.8) is 0 Å². The second kappa shape index (κ2) is 5.82. The molecule has 0 saturated heterocycles. The van der Waals surface area contributed by atoms with Crippen LogP contribution < -0.4 is 11.1 Å². The third-order valence-corrected chi connectivity index (χ3v) is 3.42. The van der Waals surface area contributed by atoms with Crippen molar-refractivity contribution in [3.8, 4) is 0 Å². The molecular weight excluding hydrogens is 212 g/mol. The van der Waals surface area contributed by atoms with E-state index in [0.717, 1.165) is 5.56 Å². The number of carbonyl (C=O) groups excluding carboxylic acids is 1. The smallest absolute Gasteiger partial charge is 0.234 e. The highest BCUT2D eigenvalue weighted by Crippen LogP contribution is 2.18. The van der Waals surface area contributed by atoms with Crippen LogP contribution in [0.3, 0.4) is 0 Å². The van der Waals surface area contributed by atoms with Crippen LogP contribution in [-0.2, 0) is 11.2 Å². The Kier molecular flexibility index (Phi) is 4.15. The molecule has 1 amide bonds. The summed E-state index contributed by atoms with van der Waals surface area (Å²) in [6.45, 7) is 0. The van der Waals surface area contributed by atoms with Crippen molar-refractivity contribution in [2.45, 2.75) is 44.2 Å². The van der Waals surface area contributed by atoms with Gasteiger partial charge in [0.15, 0.2) is 0 Å². The first-order chi connectivity index (χ1) is 8.25. The number of hydrogen-bond acceptors (Lipinski definition) is 2. The number of hydrogen-bond donors (Lipinski definition) is 2. The monoisotopic (exact) mass is 232 g/mol. The van der Waals surface area contributed by atoms with Gasteiger partial charge in [0.25, 0.3) is 0 Å². The third kappa shape index (κ3) is 3.56. The summed E-state index contributed by atoms with van der Waals surface area (Å²) in [5.41, 5.74) is 6.62. The molecule has 1 fully saturated rings. The lowest BCUT2D eigenvalue weighted by molar-refractivity contribution is -0.120. The number of rotatable bonds is 5. The van der Waals surface area contributed by atoms with Crippen LogP contribution in [0.25, 0.3) is 0 Å². The van der Waals surface area contributed by atoms with E-state index in [1.807, 2.05) is 30.3 Å². The quantitative estimate of drug-likeness (QED) is 0.810. The summed E-state index contributed by atoms with van der Waals surface area (Å²) in [6.07, 6.45) is 5.53. The van der Waals surface area contributed by atoms with Gasteiger partial charge in [0.2, 0.25) is 5.91 Å². The highest BCUT2D eigenvalue weighted by atomic mass is 16.1. The second-order valence-electron chi connectivity index (χ2n) is 4.79. The summed E-state index contributed by atoms with van der Waals surface area (Å²) in [6, 6.07) is 10.3. The van der Waals surface area contributed by atoms with Gasteiger partial charge < -0.3 is 11.1 Å². The topological polar surface area (TPSA) is 55.1 Å². The average molecular weight is 232 g/mol. The minimum Gasteiger partial charge on any atom is -0.368 e. The molecule has 1 aromatic rings. The maximum Gasteiger partial charge on any atom is 0.234 e. The van der Waals surface area contributed by atoms with Crippen molar-refractivity contribution in [1.29, 1.82) is 0 Å². The molecule has 3 nitrogen and oxygen atoms in total. The molecule has 1 saturated carbocycles. The molecule has 1 atom stereocenters. The van der Waals surface area contributed by atoms with Crippen molar-refractivity contribution in [1.82, 2.24) is 5.32 Å². The Morgan fingerprint density at radius 2 is 1.94 bits per heavy atom. The number of primary amides is 1. The maximum atomic E-state index is 11.5. The first-order valence-corrected chi connectivity index (χ1v) is 6.35. The highest BCUT2D eigenvalue weighted by Gasteiger charge is 2.22. The van der Waals surface area contributed by atoms with Crippen molar-refractivity contribution in [3.05, 3.63) is 35.9 Å². The van der Waals surface area contributed by atoms with E-state index < -0.39 is 0 Å². The minimum absolute atomic E-state index is 0.236. The van der Waals surface area contributed by atoms with Gasteiger partial charge in [-0.15, -0.1) is 0 Å². The molecule has 0 spiro atoms. The Bertz CT molecular complexity index is 358. The Balaban J connectivity index is 1.95. The zero-order chi connectivity index (χ0) is 12.1. The zero-order valence-electron chi connectivity index (χ0n) is 10.1. The molecule has 3 heteroatoms. The summed E-state index contributed by atoms with van der Waals surface area (Å²) in [5.74, 6) is -0.249. The van der Waals surface area contributed by atoms with E-state index in [1.54, 1.807) is 0 Å². The summed E-state index contributed by atoms with van der Waals surface area (Å²) in [4.78, 5) is 11.5. The Labute approximate surface area is 102 Å². The van der Waals surface area contributed by atoms with Gasteiger partial charge in [-0.05, 0) is 24.8 Å². The summed E-state index contributed by atoms with van der Waals surface area (Å²) in [7, 11) is 0. The molecule has 0 radical (unpaired) electrons. The van der Waals surface area contributed by atoms with Crippen molar-refractivity contribution in [2.75, 3.05) is 0 Å². The van der Waals surface area contributed by atoms with Gasteiger partial charge in [0, 0.05) is 6.04 Å². The van der Waals surface area contributed by atoms with Crippen LogP contribution in [0.1, 0.15) is 31.2 Å². The van der Waals surface area contributed by atoms with Crippen LogP contribution in [0.4, 0.5) is 0 Å². The van der Waals surface area contributed by atoms with E-state index in [9.17, 15) is 4.79 Å². The van der Waals surface area contributed by atoms with E-state index in [-0.39, 0.29) is 11.9 Å². The fourth-order valence-corrected chi connectivity index (χ4v) is 2.47. The molecule has 1 aliphatic carbocycles. The minimum atomic E-state index is -0.249. The summed E-state index contributed by atoms with van der Waals surface area (Å²) >= 11 is 0. The zero-order valence-corrected chi connectivity index (χ0v) is 10.1. The Morgan fingerprint density at radius 1 is 1.29 bits per heavy atom. The van der Waals surface area contributed by atoms with E-state index in [2.05, 4.69) is 5.32 Å². The molecule has 0 heterocycles. The van der Waals surface area contributed by atoms with E-state index >= 15 is 0 Å². The predicted octanol–water partition coefficient (Wildman–Crippen LogP) is 1.62. The molecule has 1 aliphatic rings. The van der Waals surface area contributed by atoms with E-state index in [0.29, 0.717) is 12.5 Å². The van der Waals surface area contributed by atoms with Crippen molar-refractivity contribution < 1.29 is 4.79 Å². The molecule has 0 unspecified atom stereocenters. The van der Waals surface area contributed by atoms with Crippen LogP contribution in [-0.4, -0.2) is 18.0 Å². The molecular formula is C14H20N2O. The Morgan fingerprint density at radius 3 is 2.53 bits per heavy atom. The number of nitrogens with one attached hydrogen (secondary N) is 1. The predicted molar refractivity (Wildman–Crippen MR) is 68.5 cm³/mol. The summed E-state index contributed by atoms with van der Waals surface area (Å²) < 4.78 is 0. The fourth-order valence-electron chi connectivity index (χ4n) is 2.47.